The fraction of sp³-hybridized carbons (Fsp3) is 0.769. The van der Waals surface area contributed by atoms with Gasteiger partial charge in [0.15, 0.2) is 0 Å². The molecule has 0 bridgehead atoms. The van der Waals surface area contributed by atoms with Crippen LogP contribution in [0.2, 0.25) is 0 Å². The lowest BCUT2D eigenvalue weighted by Crippen LogP contribution is -2.40. The van der Waals surface area contributed by atoms with Crippen molar-refractivity contribution in [2.24, 2.45) is 0 Å². The largest absolute Gasteiger partial charge is 0.481 e. The van der Waals surface area contributed by atoms with Gasteiger partial charge in [-0.2, -0.15) is 0 Å². The zero-order valence-electron chi connectivity index (χ0n) is 12.5. The highest BCUT2D eigenvalue weighted by molar-refractivity contribution is 5.69. The molecule has 0 aromatic heterocycles. The predicted octanol–water partition coefficient (Wildman–Crippen LogP) is -1.45. The topological polar surface area (TPSA) is 122 Å². The SMILES string of the molecule is O=C(O)CCN1CCN(CC(=O)O)CCN(CC(=O)O)CC1. The third kappa shape index (κ3) is 7.91. The molecule has 0 spiro atoms. The highest BCUT2D eigenvalue weighted by Gasteiger charge is 2.19. The molecule has 3 N–H and O–H groups in total. The van der Waals surface area contributed by atoms with Gasteiger partial charge in [-0.25, -0.2) is 0 Å². The van der Waals surface area contributed by atoms with Gasteiger partial charge in [-0.3, -0.25) is 24.2 Å². The van der Waals surface area contributed by atoms with Crippen molar-refractivity contribution in [3.8, 4) is 0 Å². The van der Waals surface area contributed by atoms with E-state index in [2.05, 4.69) is 0 Å². The van der Waals surface area contributed by atoms with Crippen LogP contribution in [0.5, 0.6) is 0 Å². The maximum Gasteiger partial charge on any atom is 0.317 e. The lowest BCUT2D eigenvalue weighted by Gasteiger charge is -2.24. The molecule has 22 heavy (non-hydrogen) atoms. The first-order valence-electron chi connectivity index (χ1n) is 7.19. The Morgan fingerprint density at radius 1 is 0.636 bits per heavy atom. The van der Waals surface area contributed by atoms with E-state index < -0.39 is 17.9 Å². The normalized spacial score (nSPS) is 19.1. The van der Waals surface area contributed by atoms with Crippen molar-refractivity contribution in [2.45, 2.75) is 6.42 Å². The van der Waals surface area contributed by atoms with E-state index >= 15 is 0 Å². The molecule has 0 aromatic carbocycles. The number of carboxylic acids is 3. The first-order valence-corrected chi connectivity index (χ1v) is 7.19. The third-order valence-electron chi connectivity index (χ3n) is 3.56. The molecule has 126 valence electrons. The minimum absolute atomic E-state index is 0.0118. The molecule has 1 aliphatic rings. The average Bonchev–Trinajstić information content (AvgIpc) is 2.48. The van der Waals surface area contributed by atoms with Crippen LogP contribution in [0.3, 0.4) is 0 Å². The second-order valence-corrected chi connectivity index (χ2v) is 5.33. The standard InChI is InChI=1S/C13H23N3O6/c17-11(18)1-2-14-3-5-15(9-12(19)20)7-8-16(6-4-14)10-13(21)22/h1-10H2,(H,17,18)(H,19,20)(H,21,22). The van der Waals surface area contributed by atoms with Crippen molar-refractivity contribution >= 4 is 17.9 Å². The van der Waals surface area contributed by atoms with Crippen LogP contribution in [0, 0.1) is 0 Å². The lowest BCUT2D eigenvalue weighted by atomic mass is 10.3. The van der Waals surface area contributed by atoms with Crippen LogP contribution in [0.4, 0.5) is 0 Å². The number of carboxylic acid groups (broad SMARTS) is 3. The number of rotatable bonds is 7. The molecule has 0 unspecified atom stereocenters. The lowest BCUT2D eigenvalue weighted by molar-refractivity contribution is -0.140. The summed E-state index contributed by atoms with van der Waals surface area (Å²) >= 11 is 0. The fourth-order valence-electron chi connectivity index (χ4n) is 2.36. The number of carbonyl (C=O) groups is 3. The highest BCUT2D eigenvalue weighted by atomic mass is 16.4. The number of hydrogen-bond acceptors (Lipinski definition) is 6. The Hall–Kier alpha value is -1.71. The van der Waals surface area contributed by atoms with Gasteiger partial charge in [0.2, 0.25) is 0 Å². The van der Waals surface area contributed by atoms with Crippen molar-refractivity contribution < 1.29 is 29.7 Å². The van der Waals surface area contributed by atoms with E-state index in [4.69, 9.17) is 15.3 Å². The Kier molecular flexibility index (Phi) is 7.78. The predicted molar refractivity (Wildman–Crippen MR) is 76.8 cm³/mol. The van der Waals surface area contributed by atoms with E-state index in [0.29, 0.717) is 45.8 Å². The second-order valence-electron chi connectivity index (χ2n) is 5.33. The van der Waals surface area contributed by atoms with E-state index in [0.717, 1.165) is 0 Å². The first kappa shape index (κ1) is 18.3. The van der Waals surface area contributed by atoms with Crippen molar-refractivity contribution in [3.63, 3.8) is 0 Å². The molecule has 0 amide bonds. The van der Waals surface area contributed by atoms with Crippen molar-refractivity contribution in [1.82, 2.24) is 14.7 Å². The molecule has 0 saturated carbocycles. The van der Waals surface area contributed by atoms with Crippen LogP contribution in [-0.2, 0) is 14.4 Å². The first-order chi connectivity index (χ1) is 10.4. The quantitative estimate of drug-likeness (QED) is 0.517. The third-order valence-corrected chi connectivity index (χ3v) is 3.56. The molecule has 0 aromatic rings. The number of aliphatic carboxylic acids is 3. The van der Waals surface area contributed by atoms with Crippen LogP contribution >= 0.6 is 0 Å². The number of hydrogen-bond donors (Lipinski definition) is 3. The van der Waals surface area contributed by atoms with Crippen molar-refractivity contribution in [2.75, 3.05) is 58.9 Å². The summed E-state index contributed by atoms with van der Waals surface area (Å²) in [5.74, 6) is -2.74. The Bertz CT molecular complexity index is 375. The molecule has 9 nitrogen and oxygen atoms in total. The summed E-state index contributed by atoms with van der Waals surface area (Å²) in [6, 6.07) is 0. The van der Waals surface area contributed by atoms with Gasteiger partial charge in [0, 0.05) is 45.8 Å². The van der Waals surface area contributed by atoms with Crippen LogP contribution in [0.1, 0.15) is 6.42 Å². The van der Waals surface area contributed by atoms with Gasteiger partial charge >= 0.3 is 17.9 Å². The van der Waals surface area contributed by atoms with Gasteiger partial charge in [0.1, 0.15) is 0 Å². The Balaban J connectivity index is 2.65. The summed E-state index contributed by atoms with van der Waals surface area (Å²) in [5.41, 5.74) is 0. The van der Waals surface area contributed by atoms with E-state index in [9.17, 15) is 14.4 Å². The second kappa shape index (κ2) is 9.34. The van der Waals surface area contributed by atoms with Crippen LogP contribution in [0.25, 0.3) is 0 Å². The summed E-state index contributed by atoms with van der Waals surface area (Å²) in [7, 11) is 0. The average molecular weight is 317 g/mol. The molecule has 1 rings (SSSR count). The Labute approximate surface area is 128 Å². The van der Waals surface area contributed by atoms with Crippen LogP contribution < -0.4 is 0 Å². The summed E-state index contributed by atoms with van der Waals surface area (Å²) in [6.45, 7) is 3.31. The molecule has 1 saturated heterocycles. The minimum Gasteiger partial charge on any atom is -0.481 e. The van der Waals surface area contributed by atoms with Gasteiger partial charge in [0.05, 0.1) is 19.5 Å². The van der Waals surface area contributed by atoms with Crippen molar-refractivity contribution in [3.05, 3.63) is 0 Å². The molecular weight excluding hydrogens is 294 g/mol. The van der Waals surface area contributed by atoms with Crippen LogP contribution in [-0.4, -0.2) is 107 Å². The summed E-state index contributed by atoms with van der Waals surface area (Å²) in [6.07, 6.45) is 0.0118. The zero-order chi connectivity index (χ0) is 16.5. The van der Waals surface area contributed by atoms with Crippen LogP contribution in [0.15, 0.2) is 0 Å². The molecule has 0 aliphatic carbocycles. The van der Waals surface area contributed by atoms with E-state index in [-0.39, 0.29) is 19.5 Å². The van der Waals surface area contributed by atoms with Gasteiger partial charge in [-0.1, -0.05) is 0 Å². The van der Waals surface area contributed by atoms with E-state index in [1.54, 1.807) is 9.80 Å². The maximum atomic E-state index is 10.9. The van der Waals surface area contributed by atoms with E-state index in [1.807, 2.05) is 4.90 Å². The van der Waals surface area contributed by atoms with Crippen molar-refractivity contribution in [1.29, 1.82) is 0 Å². The smallest absolute Gasteiger partial charge is 0.317 e. The summed E-state index contributed by atoms with van der Waals surface area (Å²) in [5, 5.41) is 26.6. The van der Waals surface area contributed by atoms with Gasteiger partial charge in [-0.05, 0) is 0 Å². The number of nitrogens with zero attached hydrogens (tertiary/aromatic N) is 3. The molecule has 1 heterocycles. The van der Waals surface area contributed by atoms with E-state index in [1.165, 1.54) is 0 Å². The Morgan fingerprint density at radius 3 is 1.32 bits per heavy atom. The summed E-state index contributed by atoms with van der Waals surface area (Å²) in [4.78, 5) is 37.8. The maximum absolute atomic E-state index is 10.9. The zero-order valence-corrected chi connectivity index (χ0v) is 12.5. The molecule has 0 radical (unpaired) electrons. The molecule has 9 heteroatoms. The minimum atomic E-state index is -0.930. The van der Waals surface area contributed by atoms with Gasteiger partial charge in [-0.15, -0.1) is 0 Å². The fourth-order valence-corrected chi connectivity index (χ4v) is 2.36. The monoisotopic (exact) mass is 317 g/mol. The van der Waals surface area contributed by atoms with Gasteiger partial charge < -0.3 is 20.2 Å². The molecule has 1 aliphatic heterocycles. The Morgan fingerprint density at radius 2 is 1.00 bits per heavy atom. The molecule has 0 atom stereocenters. The molecule has 1 fully saturated rings. The highest BCUT2D eigenvalue weighted by Crippen LogP contribution is 2.02. The summed E-state index contributed by atoms with van der Waals surface area (Å²) < 4.78 is 0. The van der Waals surface area contributed by atoms with Gasteiger partial charge in [0.25, 0.3) is 0 Å². The molecular formula is C13H23N3O6.